The predicted octanol–water partition coefficient (Wildman–Crippen LogP) is 1.33. The largest absolute Gasteiger partial charge is 0.469 e. The third-order valence-corrected chi connectivity index (χ3v) is 3.40. The zero-order valence-electron chi connectivity index (χ0n) is 10.5. The van der Waals surface area contributed by atoms with Gasteiger partial charge >= 0.3 is 5.97 Å². The summed E-state index contributed by atoms with van der Waals surface area (Å²) in [5.74, 6) is 0.465. The second-order valence-corrected chi connectivity index (χ2v) is 5.16. The average molecular weight is 229 g/mol. The molecule has 94 valence electrons. The third-order valence-electron chi connectivity index (χ3n) is 3.40. The zero-order chi connectivity index (χ0) is 12.2. The summed E-state index contributed by atoms with van der Waals surface area (Å²) in [5, 5.41) is 0. The molecule has 1 aliphatic heterocycles. The van der Waals surface area contributed by atoms with E-state index in [9.17, 15) is 4.79 Å². The van der Waals surface area contributed by atoms with Crippen LogP contribution in [0, 0.1) is 11.8 Å². The number of hydrogen-bond donors (Lipinski definition) is 1. The molecule has 0 amide bonds. The topological polar surface area (TPSA) is 61.5 Å². The molecule has 1 atom stereocenters. The van der Waals surface area contributed by atoms with E-state index in [-0.39, 0.29) is 17.4 Å². The molecule has 0 spiro atoms. The van der Waals surface area contributed by atoms with Gasteiger partial charge in [0, 0.05) is 18.8 Å². The maximum atomic E-state index is 11.4. The van der Waals surface area contributed by atoms with Crippen LogP contribution in [0.15, 0.2) is 0 Å². The molecule has 2 N–H and O–H groups in total. The smallest absolute Gasteiger partial charge is 0.305 e. The molecule has 4 heteroatoms. The predicted molar refractivity (Wildman–Crippen MR) is 61.9 cm³/mol. The molecule has 0 aromatic heterocycles. The molecule has 1 fully saturated rings. The summed E-state index contributed by atoms with van der Waals surface area (Å²) in [7, 11) is 1.42. The number of carbonyl (C=O) groups is 1. The van der Waals surface area contributed by atoms with Gasteiger partial charge in [0.1, 0.15) is 0 Å². The van der Waals surface area contributed by atoms with Gasteiger partial charge < -0.3 is 15.2 Å². The minimum atomic E-state index is -0.351. The molecule has 1 aliphatic rings. The fraction of sp³-hybridized carbons (Fsp3) is 0.917. The first-order valence-electron chi connectivity index (χ1n) is 5.88. The standard InChI is InChI=1S/C12H23NO3/c1-12(2,13)10(8-11(14)15-3)9-4-6-16-7-5-9/h9-10H,4-8,13H2,1-3H3. The van der Waals surface area contributed by atoms with Gasteiger partial charge in [-0.25, -0.2) is 0 Å². The highest BCUT2D eigenvalue weighted by Crippen LogP contribution is 2.33. The van der Waals surface area contributed by atoms with E-state index in [1.165, 1.54) is 7.11 Å². The number of methoxy groups -OCH3 is 1. The van der Waals surface area contributed by atoms with Crippen LogP contribution in [0.5, 0.6) is 0 Å². The lowest BCUT2D eigenvalue weighted by Crippen LogP contribution is -2.47. The summed E-state index contributed by atoms with van der Waals surface area (Å²) in [6.07, 6.45) is 2.38. The average Bonchev–Trinajstić information content (AvgIpc) is 2.25. The van der Waals surface area contributed by atoms with Gasteiger partial charge in [0.05, 0.1) is 13.5 Å². The SMILES string of the molecule is COC(=O)CC(C1CCOCC1)C(C)(C)N. The summed E-state index contributed by atoms with van der Waals surface area (Å²) >= 11 is 0. The van der Waals surface area contributed by atoms with Gasteiger partial charge in [-0.2, -0.15) is 0 Å². The summed E-state index contributed by atoms with van der Waals surface area (Å²) in [4.78, 5) is 11.4. The summed E-state index contributed by atoms with van der Waals surface area (Å²) in [6, 6.07) is 0. The fourth-order valence-corrected chi connectivity index (χ4v) is 2.42. The van der Waals surface area contributed by atoms with Gasteiger partial charge in [-0.1, -0.05) is 0 Å². The molecule has 1 saturated heterocycles. The first-order valence-corrected chi connectivity index (χ1v) is 5.88. The van der Waals surface area contributed by atoms with Crippen molar-refractivity contribution >= 4 is 5.97 Å². The lowest BCUT2D eigenvalue weighted by molar-refractivity contribution is -0.143. The van der Waals surface area contributed by atoms with Crippen molar-refractivity contribution in [3.05, 3.63) is 0 Å². The van der Waals surface area contributed by atoms with E-state index >= 15 is 0 Å². The van der Waals surface area contributed by atoms with Gasteiger partial charge in [-0.3, -0.25) is 4.79 Å². The lowest BCUT2D eigenvalue weighted by atomic mass is 9.73. The molecule has 0 saturated carbocycles. The van der Waals surface area contributed by atoms with Gasteiger partial charge in [0.15, 0.2) is 0 Å². The van der Waals surface area contributed by atoms with Crippen molar-refractivity contribution in [3.8, 4) is 0 Å². The van der Waals surface area contributed by atoms with Crippen LogP contribution in [0.4, 0.5) is 0 Å². The van der Waals surface area contributed by atoms with Crippen LogP contribution in [0.3, 0.4) is 0 Å². The summed E-state index contributed by atoms with van der Waals surface area (Å²) in [6.45, 7) is 5.52. The van der Waals surface area contributed by atoms with Crippen LogP contribution in [0.25, 0.3) is 0 Å². The van der Waals surface area contributed by atoms with Gasteiger partial charge in [0.25, 0.3) is 0 Å². The second kappa shape index (κ2) is 5.64. The molecule has 1 unspecified atom stereocenters. The Kier molecular flexibility index (Phi) is 4.74. The minimum Gasteiger partial charge on any atom is -0.469 e. The molecular weight excluding hydrogens is 206 g/mol. The molecule has 1 rings (SSSR count). The van der Waals surface area contributed by atoms with Crippen molar-refractivity contribution in [2.75, 3.05) is 20.3 Å². The van der Waals surface area contributed by atoms with E-state index in [0.717, 1.165) is 26.1 Å². The van der Waals surface area contributed by atoms with E-state index in [4.69, 9.17) is 15.2 Å². The molecule has 16 heavy (non-hydrogen) atoms. The normalized spacial score (nSPS) is 20.5. The Labute approximate surface area is 97.5 Å². The van der Waals surface area contributed by atoms with E-state index in [1.54, 1.807) is 0 Å². The number of esters is 1. The molecule has 0 aromatic carbocycles. The van der Waals surface area contributed by atoms with Crippen LogP contribution in [-0.4, -0.2) is 31.8 Å². The van der Waals surface area contributed by atoms with E-state index < -0.39 is 0 Å². The fourth-order valence-electron chi connectivity index (χ4n) is 2.42. The number of ether oxygens (including phenoxy) is 2. The van der Waals surface area contributed by atoms with Gasteiger partial charge in [0.2, 0.25) is 0 Å². The summed E-state index contributed by atoms with van der Waals surface area (Å²) < 4.78 is 10.1. The molecule has 0 aromatic rings. The van der Waals surface area contributed by atoms with Crippen LogP contribution in [-0.2, 0) is 14.3 Å². The van der Waals surface area contributed by atoms with Gasteiger partial charge in [-0.05, 0) is 38.5 Å². The zero-order valence-corrected chi connectivity index (χ0v) is 10.5. The van der Waals surface area contributed by atoms with Crippen molar-refractivity contribution in [1.29, 1.82) is 0 Å². The van der Waals surface area contributed by atoms with Crippen LogP contribution < -0.4 is 5.73 Å². The summed E-state index contributed by atoms with van der Waals surface area (Å²) in [5.41, 5.74) is 5.81. The first kappa shape index (κ1) is 13.5. The molecular formula is C12H23NO3. The highest BCUT2D eigenvalue weighted by molar-refractivity contribution is 5.69. The number of carbonyl (C=O) groups excluding carboxylic acids is 1. The van der Waals surface area contributed by atoms with Crippen molar-refractivity contribution in [1.82, 2.24) is 0 Å². The number of hydrogen-bond acceptors (Lipinski definition) is 4. The van der Waals surface area contributed by atoms with Gasteiger partial charge in [-0.15, -0.1) is 0 Å². The highest BCUT2D eigenvalue weighted by Gasteiger charge is 2.35. The Morgan fingerprint density at radius 2 is 2.06 bits per heavy atom. The van der Waals surface area contributed by atoms with Crippen molar-refractivity contribution in [2.24, 2.45) is 17.6 Å². The Balaban J connectivity index is 2.66. The molecule has 0 aliphatic carbocycles. The second-order valence-electron chi connectivity index (χ2n) is 5.16. The number of nitrogens with two attached hydrogens (primary N) is 1. The molecule has 0 radical (unpaired) electrons. The third kappa shape index (κ3) is 3.76. The van der Waals surface area contributed by atoms with Crippen molar-refractivity contribution < 1.29 is 14.3 Å². The van der Waals surface area contributed by atoms with E-state index in [1.807, 2.05) is 13.8 Å². The van der Waals surface area contributed by atoms with E-state index in [2.05, 4.69) is 0 Å². The highest BCUT2D eigenvalue weighted by atomic mass is 16.5. The Bertz CT molecular complexity index is 229. The monoisotopic (exact) mass is 229 g/mol. The molecule has 0 bridgehead atoms. The van der Waals surface area contributed by atoms with E-state index in [0.29, 0.717) is 12.3 Å². The minimum absolute atomic E-state index is 0.170. The van der Waals surface area contributed by atoms with Crippen LogP contribution in [0.1, 0.15) is 33.1 Å². The Morgan fingerprint density at radius 1 is 1.50 bits per heavy atom. The Morgan fingerprint density at radius 3 is 2.50 bits per heavy atom. The van der Waals surface area contributed by atoms with Crippen molar-refractivity contribution in [3.63, 3.8) is 0 Å². The van der Waals surface area contributed by atoms with Crippen LogP contribution >= 0.6 is 0 Å². The lowest BCUT2D eigenvalue weighted by Gasteiger charge is -2.38. The van der Waals surface area contributed by atoms with Crippen molar-refractivity contribution in [2.45, 2.75) is 38.6 Å². The van der Waals surface area contributed by atoms with Crippen LogP contribution in [0.2, 0.25) is 0 Å². The maximum Gasteiger partial charge on any atom is 0.305 e. The molecule has 4 nitrogen and oxygen atoms in total. The quantitative estimate of drug-likeness (QED) is 0.739. The maximum absolute atomic E-state index is 11.4. The molecule has 1 heterocycles. The number of rotatable bonds is 4. The Hall–Kier alpha value is -0.610. The first-order chi connectivity index (χ1) is 7.45.